The van der Waals surface area contributed by atoms with Gasteiger partial charge in [-0.1, -0.05) is 78.9 Å². The van der Waals surface area contributed by atoms with Crippen LogP contribution >= 0.6 is 11.3 Å². The Morgan fingerprint density at radius 1 is 0.364 bits per heavy atom. The van der Waals surface area contributed by atoms with Crippen molar-refractivity contribution in [2.24, 2.45) is 0 Å². The molecule has 0 bridgehead atoms. The summed E-state index contributed by atoms with van der Waals surface area (Å²) >= 11 is 1.89. The van der Waals surface area contributed by atoms with Crippen molar-refractivity contribution in [3.63, 3.8) is 0 Å². The van der Waals surface area contributed by atoms with E-state index in [0.29, 0.717) is 0 Å². The lowest BCUT2D eigenvalue weighted by Crippen LogP contribution is -1.86. The maximum atomic E-state index is 2.40. The number of thiophene rings is 1. The Balaban J connectivity index is 1.43. The minimum Gasteiger partial charge on any atom is -0.135 e. The largest absolute Gasteiger partial charge is 0.135 e. The molecule has 0 aliphatic carbocycles. The summed E-state index contributed by atoms with van der Waals surface area (Å²) in [7, 11) is 0. The van der Waals surface area contributed by atoms with E-state index in [9.17, 15) is 0 Å². The Bertz CT molecular complexity index is 1960. The lowest BCUT2D eigenvalue weighted by molar-refractivity contribution is 1.72. The fraction of sp³-hybridized carbons (Fsp3) is 0. The standard InChI is InChI=1S/C32H18S/c1-2-7-26-19(4-1)12-15-29-32(26)27-18-22(13-14-28(27)33-29)25-16-23-10-8-20-5-3-6-21-9-11-24(17-25)31(23)30(20)21/h1-18H. The van der Waals surface area contributed by atoms with E-state index in [1.165, 1.54) is 74.4 Å². The van der Waals surface area contributed by atoms with E-state index in [-0.39, 0.29) is 0 Å². The lowest BCUT2D eigenvalue weighted by Gasteiger charge is -2.13. The van der Waals surface area contributed by atoms with E-state index < -0.39 is 0 Å². The first kappa shape index (κ1) is 17.6. The number of rotatable bonds is 1. The number of hydrogen-bond donors (Lipinski definition) is 0. The first-order chi connectivity index (χ1) is 16.3. The van der Waals surface area contributed by atoms with Gasteiger partial charge in [-0.15, -0.1) is 11.3 Å². The summed E-state index contributed by atoms with van der Waals surface area (Å²) in [4.78, 5) is 0. The zero-order chi connectivity index (χ0) is 21.5. The van der Waals surface area contributed by atoms with Crippen molar-refractivity contribution >= 4 is 74.6 Å². The molecule has 0 saturated heterocycles. The topological polar surface area (TPSA) is 0 Å². The molecule has 0 spiro atoms. The SMILES string of the molecule is c1ccc2c(c1)ccc1sc3ccc(-c4cc5ccc6cccc7ccc(c4)c5c67)cc3c12. The van der Waals surface area contributed by atoms with Crippen molar-refractivity contribution in [2.75, 3.05) is 0 Å². The number of fused-ring (bicyclic) bond motifs is 5. The second-order valence-electron chi connectivity index (χ2n) is 8.98. The van der Waals surface area contributed by atoms with Crippen LogP contribution < -0.4 is 0 Å². The molecule has 33 heavy (non-hydrogen) atoms. The fourth-order valence-electron chi connectivity index (χ4n) is 5.65. The zero-order valence-electron chi connectivity index (χ0n) is 17.8. The number of benzene rings is 7. The van der Waals surface area contributed by atoms with Gasteiger partial charge < -0.3 is 0 Å². The molecule has 152 valence electrons. The van der Waals surface area contributed by atoms with Crippen LogP contribution in [0.5, 0.6) is 0 Å². The summed E-state index contributed by atoms with van der Waals surface area (Å²) in [6, 6.07) is 40.6. The summed E-state index contributed by atoms with van der Waals surface area (Å²) in [6.07, 6.45) is 0. The Morgan fingerprint density at radius 3 is 1.82 bits per heavy atom. The summed E-state index contributed by atoms with van der Waals surface area (Å²) < 4.78 is 2.71. The first-order valence-corrected chi connectivity index (χ1v) is 12.2. The van der Waals surface area contributed by atoms with E-state index in [4.69, 9.17) is 0 Å². The van der Waals surface area contributed by atoms with Crippen LogP contribution in [-0.2, 0) is 0 Å². The van der Waals surface area contributed by atoms with Crippen LogP contribution in [0, 0.1) is 0 Å². The van der Waals surface area contributed by atoms with Gasteiger partial charge in [0.15, 0.2) is 0 Å². The van der Waals surface area contributed by atoms with Gasteiger partial charge in [0, 0.05) is 20.2 Å². The van der Waals surface area contributed by atoms with Crippen LogP contribution in [0.1, 0.15) is 0 Å². The van der Waals surface area contributed by atoms with Crippen molar-refractivity contribution in [3.8, 4) is 11.1 Å². The van der Waals surface area contributed by atoms with E-state index in [2.05, 4.69) is 109 Å². The quantitative estimate of drug-likeness (QED) is 0.226. The van der Waals surface area contributed by atoms with Gasteiger partial charge in [-0.25, -0.2) is 0 Å². The molecular formula is C32H18S. The summed E-state index contributed by atoms with van der Waals surface area (Å²) in [5.41, 5.74) is 2.56. The summed E-state index contributed by atoms with van der Waals surface area (Å²) in [5.74, 6) is 0. The van der Waals surface area contributed by atoms with Gasteiger partial charge in [0.25, 0.3) is 0 Å². The molecule has 7 aromatic carbocycles. The molecule has 0 atom stereocenters. The fourth-order valence-corrected chi connectivity index (χ4v) is 6.75. The minimum atomic E-state index is 1.28. The smallest absolute Gasteiger partial charge is 0.0361 e. The minimum absolute atomic E-state index is 1.28. The van der Waals surface area contributed by atoms with Gasteiger partial charge in [-0.2, -0.15) is 0 Å². The van der Waals surface area contributed by atoms with Gasteiger partial charge in [0.05, 0.1) is 0 Å². The molecule has 0 radical (unpaired) electrons. The Hall–Kier alpha value is -3.94. The van der Waals surface area contributed by atoms with Gasteiger partial charge in [0.2, 0.25) is 0 Å². The average molecular weight is 435 g/mol. The maximum Gasteiger partial charge on any atom is 0.0361 e. The molecule has 8 aromatic rings. The predicted molar refractivity (Wildman–Crippen MR) is 146 cm³/mol. The monoisotopic (exact) mass is 434 g/mol. The van der Waals surface area contributed by atoms with Gasteiger partial charge in [0.1, 0.15) is 0 Å². The Labute approximate surface area is 194 Å². The maximum absolute atomic E-state index is 2.40. The molecule has 0 amide bonds. The van der Waals surface area contributed by atoms with Crippen molar-refractivity contribution in [2.45, 2.75) is 0 Å². The Kier molecular flexibility index (Phi) is 3.37. The highest BCUT2D eigenvalue weighted by Gasteiger charge is 2.13. The van der Waals surface area contributed by atoms with Crippen LogP contribution in [0.15, 0.2) is 109 Å². The summed E-state index contributed by atoms with van der Waals surface area (Å²) in [6.45, 7) is 0. The highest BCUT2D eigenvalue weighted by Crippen LogP contribution is 2.42. The average Bonchev–Trinajstić information content (AvgIpc) is 3.25. The van der Waals surface area contributed by atoms with E-state index in [1.54, 1.807) is 0 Å². The highest BCUT2D eigenvalue weighted by atomic mass is 32.1. The van der Waals surface area contributed by atoms with Crippen LogP contribution in [0.2, 0.25) is 0 Å². The van der Waals surface area contributed by atoms with Crippen LogP contribution in [-0.4, -0.2) is 0 Å². The third-order valence-electron chi connectivity index (χ3n) is 7.16. The normalized spacial score (nSPS) is 12.2. The van der Waals surface area contributed by atoms with E-state index in [1.807, 2.05) is 11.3 Å². The van der Waals surface area contributed by atoms with E-state index in [0.717, 1.165) is 0 Å². The zero-order valence-corrected chi connectivity index (χ0v) is 18.6. The van der Waals surface area contributed by atoms with Crippen LogP contribution in [0.4, 0.5) is 0 Å². The number of hydrogen-bond acceptors (Lipinski definition) is 1. The third-order valence-corrected chi connectivity index (χ3v) is 8.29. The molecule has 0 N–H and O–H groups in total. The van der Waals surface area contributed by atoms with Crippen molar-refractivity contribution in [1.29, 1.82) is 0 Å². The van der Waals surface area contributed by atoms with Crippen molar-refractivity contribution in [3.05, 3.63) is 109 Å². The van der Waals surface area contributed by atoms with Crippen molar-refractivity contribution in [1.82, 2.24) is 0 Å². The predicted octanol–water partition coefficient (Wildman–Crippen LogP) is 9.77. The molecule has 8 rings (SSSR count). The van der Waals surface area contributed by atoms with Crippen LogP contribution in [0.25, 0.3) is 74.4 Å². The highest BCUT2D eigenvalue weighted by molar-refractivity contribution is 7.26. The van der Waals surface area contributed by atoms with Gasteiger partial charge in [-0.05, 0) is 84.5 Å². The second-order valence-corrected chi connectivity index (χ2v) is 10.1. The second kappa shape index (κ2) is 6.31. The van der Waals surface area contributed by atoms with Crippen LogP contribution in [0.3, 0.4) is 0 Å². The van der Waals surface area contributed by atoms with Gasteiger partial charge >= 0.3 is 0 Å². The molecule has 0 aliphatic rings. The molecule has 1 heterocycles. The molecule has 0 fully saturated rings. The van der Waals surface area contributed by atoms with Gasteiger partial charge in [-0.3, -0.25) is 0 Å². The Morgan fingerprint density at radius 2 is 1.00 bits per heavy atom. The molecule has 0 saturated carbocycles. The molecule has 0 aliphatic heterocycles. The molecular weight excluding hydrogens is 416 g/mol. The third kappa shape index (κ3) is 2.40. The molecule has 0 unspecified atom stereocenters. The molecule has 1 heteroatoms. The molecule has 1 aromatic heterocycles. The summed E-state index contributed by atoms with van der Waals surface area (Å²) in [5, 5.41) is 13.4. The molecule has 0 nitrogen and oxygen atoms in total. The van der Waals surface area contributed by atoms with E-state index >= 15 is 0 Å². The first-order valence-electron chi connectivity index (χ1n) is 11.4. The lowest BCUT2D eigenvalue weighted by atomic mass is 9.91. The van der Waals surface area contributed by atoms with Crippen molar-refractivity contribution < 1.29 is 0 Å².